The number of benzene rings is 1. The Balaban J connectivity index is 2.71. The lowest BCUT2D eigenvalue weighted by Gasteiger charge is -2.04. The second-order valence-corrected chi connectivity index (χ2v) is 5.78. The lowest BCUT2D eigenvalue weighted by Crippen LogP contribution is -2.26. The number of hydrogen-bond donors (Lipinski definition) is 1. The van der Waals surface area contributed by atoms with Crippen molar-refractivity contribution in [3.63, 3.8) is 0 Å². The van der Waals surface area contributed by atoms with E-state index in [9.17, 15) is 13.2 Å². The smallest absolute Gasteiger partial charge is 0.261 e. The monoisotopic (exact) mass is 277 g/mol. The van der Waals surface area contributed by atoms with Gasteiger partial charge in [0.2, 0.25) is 0 Å². The predicted octanol–water partition coefficient (Wildman–Crippen LogP) is 0.990. The van der Waals surface area contributed by atoms with Crippen molar-refractivity contribution in [3.05, 3.63) is 29.8 Å². The van der Waals surface area contributed by atoms with Crippen LogP contribution in [-0.2, 0) is 13.8 Å². The van der Waals surface area contributed by atoms with Gasteiger partial charge in [-0.3, -0.25) is 4.79 Å². The van der Waals surface area contributed by atoms with E-state index in [2.05, 4.69) is 5.32 Å². The topological polar surface area (TPSA) is 72.5 Å². The number of halogens is 1. The SMILES string of the molecule is COCCNC(=O)c1ccc(S(=O)(=O)Cl)cc1. The van der Waals surface area contributed by atoms with Crippen molar-refractivity contribution in [3.8, 4) is 0 Å². The van der Waals surface area contributed by atoms with Gasteiger partial charge in [-0.25, -0.2) is 8.42 Å². The predicted molar refractivity (Wildman–Crippen MR) is 63.7 cm³/mol. The van der Waals surface area contributed by atoms with Crippen LogP contribution in [0.15, 0.2) is 29.2 Å². The number of carbonyl (C=O) groups excluding carboxylic acids is 1. The minimum absolute atomic E-state index is 0.0346. The normalized spacial score (nSPS) is 11.2. The van der Waals surface area contributed by atoms with E-state index < -0.39 is 9.05 Å². The zero-order valence-electron chi connectivity index (χ0n) is 9.14. The summed E-state index contributed by atoms with van der Waals surface area (Å²) in [6.07, 6.45) is 0. The highest BCUT2D eigenvalue weighted by atomic mass is 35.7. The van der Waals surface area contributed by atoms with Gasteiger partial charge < -0.3 is 10.1 Å². The first-order valence-corrected chi connectivity index (χ1v) is 7.08. The van der Waals surface area contributed by atoms with Crippen LogP contribution in [0.5, 0.6) is 0 Å². The van der Waals surface area contributed by atoms with Crippen LogP contribution in [0.2, 0.25) is 0 Å². The molecule has 94 valence electrons. The summed E-state index contributed by atoms with van der Waals surface area (Å²) in [7, 11) is 2.94. The van der Waals surface area contributed by atoms with Gasteiger partial charge in [0.05, 0.1) is 11.5 Å². The molecule has 0 aromatic heterocycles. The maximum absolute atomic E-state index is 11.5. The summed E-state index contributed by atoms with van der Waals surface area (Å²) in [6, 6.07) is 5.37. The van der Waals surface area contributed by atoms with E-state index in [0.29, 0.717) is 18.7 Å². The Bertz CT molecular complexity index is 484. The number of hydrogen-bond acceptors (Lipinski definition) is 4. The van der Waals surface area contributed by atoms with Gasteiger partial charge in [-0.2, -0.15) is 0 Å². The fraction of sp³-hybridized carbons (Fsp3) is 0.300. The summed E-state index contributed by atoms with van der Waals surface area (Å²) in [6.45, 7) is 0.810. The van der Waals surface area contributed by atoms with E-state index in [1.54, 1.807) is 0 Å². The Morgan fingerprint density at radius 3 is 2.41 bits per heavy atom. The molecule has 0 aliphatic rings. The highest BCUT2D eigenvalue weighted by Crippen LogP contribution is 2.15. The molecule has 0 fully saturated rings. The molecule has 0 spiro atoms. The Labute approximate surface area is 104 Å². The summed E-state index contributed by atoms with van der Waals surface area (Å²) in [4.78, 5) is 11.5. The molecular formula is C10H12ClNO4S. The molecule has 0 heterocycles. The van der Waals surface area contributed by atoms with Crippen LogP contribution in [0.4, 0.5) is 0 Å². The fourth-order valence-corrected chi connectivity index (χ4v) is 1.91. The maximum Gasteiger partial charge on any atom is 0.261 e. The molecule has 0 saturated carbocycles. The van der Waals surface area contributed by atoms with E-state index >= 15 is 0 Å². The third-order valence-corrected chi connectivity index (χ3v) is 3.36. The van der Waals surface area contributed by atoms with Crippen LogP contribution in [0.1, 0.15) is 10.4 Å². The van der Waals surface area contributed by atoms with Crippen molar-refractivity contribution < 1.29 is 17.9 Å². The molecule has 5 nitrogen and oxygen atoms in total. The van der Waals surface area contributed by atoms with Gasteiger partial charge in [0.25, 0.3) is 15.0 Å². The van der Waals surface area contributed by atoms with Gasteiger partial charge in [-0.1, -0.05) is 0 Å². The van der Waals surface area contributed by atoms with Gasteiger partial charge in [-0.05, 0) is 24.3 Å². The molecule has 0 unspecified atom stereocenters. The van der Waals surface area contributed by atoms with Crippen LogP contribution in [0.3, 0.4) is 0 Å². The summed E-state index contributed by atoms with van der Waals surface area (Å²) in [5, 5.41) is 2.61. The lowest BCUT2D eigenvalue weighted by atomic mass is 10.2. The van der Waals surface area contributed by atoms with Crippen molar-refractivity contribution in [2.24, 2.45) is 0 Å². The molecule has 1 N–H and O–H groups in total. The number of carbonyl (C=O) groups is 1. The van der Waals surface area contributed by atoms with Crippen LogP contribution < -0.4 is 5.32 Å². The number of rotatable bonds is 5. The standard InChI is InChI=1S/C10H12ClNO4S/c1-16-7-6-12-10(13)8-2-4-9(5-3-8)17(11,14)15/h2-5H,6-7H2,1H3,(H,12,13). The highest BCUT2D eigenvalue weighted by molar-refractivity contribution is 8.13. The second kappa shape index (κ2) is 6.00. The molecule has 0 atom stereocenters. The molecule has 17 heavy (non-hydrogen) atoms. The molecule has 1 aromatic rings. The Hall–Kier alpha value is -1.11. The first-order valence-electron chi connectivity index (χ1n) is 4.77. The van der Waals surface area contributed by atoms with Crippen LogP contribution in [-0.4, -0.2) is 34.6 Å². The van der Waals surface area contributed by atoms with Gasteiger partial charge in [0.15, 0.2) is 0 Å². The third-order valence-electron chi connectivity index (χ3n) is 1.99. The summed E-state index contributed by atoms with van der Waals surface area (Å²) < 4.78 is 26.7. The van der Waals surface area contributed by atoms with E-state index in [1.165, 1.54) is 31.4 Å². The lowest BCUT2D eigenvalue weighted by molar-refractivity contribution is 0.0937. The van der Waals surface area contributed by atoms with Crippen LogP contribution in [0, 0.1) is 0 Å². The molecule has 0 aliphatic carbocycles. The molecule has 1 rings (SSSR count). The minimum Gasteiger partial charge on any atom is -0.383 e. The van der Waals surface area contributed by atoms with Gasteiger partial charge in [-0.15, -0.1) is 0 Å². The molecule has 0 aliphatic heterocycles. The largest absolute Gasteiger partial charge is 0.383 e. The minimum atomic E-state index is -3.75. The van der Waals surface area contributed by atoms with Crippen LogP contribution in [0.25, 0.3) is 0 Å². The fourth-order valence-electron chi connectivity index (χ4n) is 1.14. The second-order valence-electron chi connectivity index (χ2n) is 3.21. The molecule has 1 aromatic carbocycles. The van der Waals surface area contributed by atoms with Crippen LogP contribution >= 0.6 is 10.7 Å². The van der Waals surface area contributed by atoms with Crippen molar-refractivity contribution in [2.45, 2.75) is 4.90 Å². The number of nitrogens with one attached hydrogen (secondary N) is 1. The van der Waals surface area contributed by atoms with E-state index in [4.69, 9.17) is 15.4 Å². The highest BCUT2D eigenvalue weighted by Gasteiger charge is 2.11. The first kappa shape index (κ1) is 14.0. The van der Waals surface area contributed by atoms with Crippen molar-refractivity contribution in [2.75, 3.05) is 20.3 Å². The molecule has 7 heteroatoms. The average Bonchev–Trinajstić information content (AvgIpc) is 2.28. The summed E-state index contributed by atoms with van der Waals surface area (Å²) in [5.41, 5.74) is 0.366. The van der Waals surface area contributed by atoms with E-state index in [0.717, 1.165) is 0 Å². The third kappa shape index (κ3) is 4.33. The molecule has 1 amide bonds. The zero-order valence-corrected chi connectivity index (χ0v) is 10.7. The first-order chi connectivity index (χ1) is 7.95. The van der Waals surface area contributed by atoms with Crippen molar-refractivity contribution >= 4 is 25.6 Å². The van der Waals surface area contributed by atoms with Crippen molar-refractivity contribution in [1.82, 2.24) is 5.32 Å². The zero-order chi connectivity index (χ0) is 12.9. The number of amides is 1. The summed E-state index contributed by atoms with van der Waals surface area (Å²) in [5.74, 6) is -0.291. The van der Waals surface area contributed by atoms with E-state index in [1.807, 2.05) is 0 Å². The number of ether oxygens (including phenoxy) is 1. The Morgan fingerprint density at radius 2 is 1.94 bits per heavy atom. The summed E-state index contributed by atoms with van der Waals surface area (Å²) >= 11 is 0. The maximum atomic E-state index is 11.5. The Morgan fingerprint density at radius 1 is 1.35 bits per heavy atom. The average molecular weight is 278 g/mol. The molecule has 0 saturated heterocycles. The van der Waals surface area contributed by atoms with Gasteiger partial charge in [0.1, 0.15) is 0 Å². The molecule has 0 radical (unpaired) electrons. The van der Waals surface area contributed by atoms with Gasteiger partial charge in [0, 0.05) is 29.9 Å². The van der Waals surface area contributed by atoms with E-state index in [-0.39, 0.29) is 10.8 Å². The quantitative estimate of drug-likeness (QED) is 0.643. The Kier molecular flexibility index (Phi) is 4.92. The number of methoxy groups -OCH3 is 1. The molecular weight excluding hydrogens is 266 g/mol. The van der Waals surface area contributed by atoms with Gasteiger partial charge >= 0.3 is 0 Å². The van der Waals surface area contributed by atoms with Crippen molar-refractivity contribution in [1.29, 1.82) is 0 Å². The molecule has 0 bridgehead atoms.